The lowest BCUT2D eigenvalue weighted by atomic mass is 10.00. The van der Waals surface area contributed by atoms with Crippen LogP contribution in [0.1, 0.15) is 38.2 Å². The molecule has 1 aliphatic rings. The maximum Gasteiger partial charge on any atom is 0.236 e. The number of rotatable bonds is 6. The Morgan fingerprint density at radius 2 is 2.14 bits per heavy atom. The quantitative estimate of drug-likeness (QED) is 0.810. The minimum absolute atomic E-state index is 0.186. The van der Waals surface area contributed by atoms with Gasteiger partial charge in [-0.05, 0) is 31.9 Å². The lowest BCUT2D eigenvalue weighted by Gasteiger charge is -2.35. The number of para-hydroxylation sites is 1. The molecule has 0 aromatic heterocycles. The molecule has 1 fully saturated rings. The number of benzene rings is 1. The van der Waals surface area contributed by atoms with Crippen molar-refractivity contribution in [3.05, 3.63) is 29.8 Å². The lowest BCUT2D eigenvalue weighted by Crippen LogP contribution is -2.45. The van der Waals surface area contributed by atoms with Crippen LogP contribution in [0.25, 0.3) is 0 Å². The van der Waals surface area contributed by atoms with Crippen LogP contribution in [0, 0.1) is 0 Å². The molecule has 1 amide bonds. The van der Waals surface area contributed by atoms with Crippen molar-refractivity contribution >= 4 is 5.91 Å². The Kier molecular flexibility index (Phi) is 6.25. The average Bonchev–Trinajstić information content (AvgIpc) is 2.55. The molecule has 1 heterocycles. The Hall–Kier alpha value is -1.55. The van der Waals surface area contributed by atoms with E-state index in [1.165, 1.54) is 19.3 Å². The Bertz CT molecular complexity index is 490. The zero-order valence-corrected chi connectivity index (χ0v) is 14.0. The molecule has 0 N–H and O–H groups in total. The first-order valence-corrected chi connectivity index (χ1v) is 8.25. The highest BCUT2D eigenvalue weighted by Gasteiger charge is 2.24. The summed E-state index contributed by atoms with van der Waals surface area (Å²) >= 11 is 0. The van der Waals surface area contributed by atoms with Gasteiger partial charge in [0.25, 0.3) is 0 Å². The Morgan fingerprint density at radius 3 is 2.86 bits per heavy atom. The monoisotopic (exact) mass is 304 g/mol. The predicted octanol–water partition coefficient (Wildman–Crippen LogP) is 2.92. The van der Waals surface area contributed by atoms with E-state index in [-0.39, 0.29) is 5.91 Å². The van der Waals surface area contributed by atoms with Crippen LogP contribution in [0.4, 0.5) is 0 Å². The van der Waals surface area contributed by atoms with Crippen LogP contribution in [0.5, 0.6) is 5.75 Å². The molecule has 2 rings (SSSR count). The summed E-state index contributed by atoms with van der Waals surface area (Å²) in [6, 6.07) is 8.44. The molecule has 0 aliphatic carbocycles. The van der Waals surface area contributed by atoms with Gasteiger partial charge in [-0.1, -0.05) is 31.5 Å². The van der Waals surface area contributed by atoms with Gasteiger partial charge in [0.15, 0.2) is 0 Å². The predicted molar refractivity (Wildman–Crippen MR) is 89.0 cm³/mol. The molecule has 1 aliphatic heterocycles. The second-order valence-electron chi connectivity index (χ2n) is 6.09. The van der Waals surface area contributed by atoms with E-state index in [1.54, 1.807) is 12.0 Å². The van der Waals surface area contributed by atoms with E-state index in [9.17, 15) is 4.79 Å². The van der Waals surface area contributed by atoms with Gasteiger partial charge < -0.3 is 9.64 Å². The molecule has 0 bridgehead atoms. The van der Waals surface area contributed by atoms with Gasteiger partial charge in [-0.15, -0.1) is 0 Å². The number of hydrogen-bond acceptors (Lipinski definition) is 3. The number of amides is 1. The SMILES string of the molecule is CCC1CCCCN1CC(=O)N(C)Cc1ccccc1OC. The molecule has 1 aromatic rings. The summed E-state index contributed by atoms with van der Waals surface area (Å²) in [7, 11) is 3.54. The third kappa shape index (κ3) is 4.23. The molecule has 22 heavy (non-hydrogen) atoms. The number of ether oxygens (including phenoxy) is 1. The standard InChI is InChI=1S/C18H28N2O2/c1-4-16-10-7-8-12-20(16)14-18(21)19(2)13-15-9-5-6-11-17(15)22-3/h5-6,9,11,16H,4,7-8,10,12-14H2,1-3H3. The van der Waals surface area contributed by atoms with Crippen molar-refractivity contribution in [3.63, 3.8) is 0 Å². The smallest absolute Gasteiger partial charge is 0.236 e. The summed E-state index contributed by atoms with van der Waals surface area (Å²) in [5.74, 6) is 1.03. The topological polar surface area (TPSA) is 32.8 Å². The highest BCUT2D eigenvalue weighted by atomic mass is 16.5. The first-order chi connectivity index (χ1) is 10.7. The Morgan fingerprint density at radius 1 is 1.36 bits per heavy atom. The largest absolute Gasteiger partial charge is 0.496 e. The Balaban J connectivity index is 1.94. The molecule has 1 unspecified atom stereocenters. The second kappa shape index (κ2) is 8.18. The van der Waals surface area contributed by atoms with Crippen LogP contribution in [0.2, 0.25) is 0 Å². The van der Waals surface area contributed by atoms with Crippen molar-refractivity contribution in [2.75, 3.05) is 27.2 Å². The van der Waals surface area contributed by atoms with E-state index in [0.717, 1.165) is 24.3 Å². The molecular weight excluding hydrogens is 276 g/mol. The van der Waals surface area contributed by atoms with Crippen LogP contribution in [0.15, 0.2) is 24.3 Å². The fourth-order valence-electron chi connectivity index (χ4n) is 3.20. The van der Waals surface area contributed by atoms with Crippen molar-refractivity contribution in [2.24, 2.45) is 0 Å². The van der Waals surface area contributed by atoms with Crippen LogP contribution in [-0.2, 0) is 11.3 Å². The minimum Gasteiger partial charge on any atom is -0.496 e. The van der Waals surface area contributed by atoms with Crippen molar-refractivity contribution in [1.82, 2.24) is 9.80 Å². The summed E-state index contributed by atoms with van der Waals surface area (Å²) in [6.07, 6.45) is 4.85. The molecule has 0 saturated carbocycles. The number of carbonyl (C=O) groups excluding carboxylic acids is 1. The van der Waals surface area contributed by atoms with E-state index >= 15 is 0 Å². The van der Waals surface area contributed by atoms with Gasteiger partial charge in [0.2, 0.25) is 5.91 Å². The molecule has 1 aromatic carbocycles. The van der Waals surface area contributed by atoms with Gasteiger partial charge in [0.1, 0.15) is 5.75 Å². The van der Waals surface area contributed by atoms with Crippen LogP contribution in [0.3, 0.4) is 0 Å². The van der Waals surface area contributed by atoms with E-state index in [2.05, 4.69) is 11.8 Å². The van der Waals surface area contributed by atoms with Crippen molar-refractivity contribution < 1.29 is 9.53 Å². The summed E-state index contributed by atoms with van der Waals surface area (Å²) in [4.78, 5) is 16.7. The highest BCUT2D eigenvalue weighted by Crippen LogP contribution is 2.21. The van der Waals surface area contributed by atoms with Gasteiger partial charge >= 0.3 is 0 Å². The maximum absolute atomic E-state index is 12.5. The summed E-state index contributed by atoms with van der Waals surface area (Å²) in [5, 5.41) is 0. The van der Waals surface area contributed by atoms with E-state index < -0.39 is 0 Å². The normalized spacial score (nSPS) is 19.0. The van der Waals surface area contributed by atoms with Crippen molar-refractivity contribution in [1.29, 1.82) is 0 Å². The average molecular weight is 304 g/mol. The van der Waals surface area contributed by atoms with Gasteiger partial charge in [-0.25, -0.2) is 0 Å². The zero-order chi connectivity index (χ0) is 15.9. The fraction of sp³-hybridized carbons (Fsp3) is 0.611. The van der Waals surface area contributed by atoms with Gasteiger partial charge in [-0.2, -0.15) is 0 Å². The number of methoxy groups -OCH3 is 1. The first kappa shape index (κ1) is 16.8. The number of carbonyl (C=O) groups is 1. The highest BCUT2D eigenvalue weighted by molar-refractivity contribution is 5.78. The third-order valence-corrected chi connectivity index (χ3v) is 4.58. The first-order valence-electron chi connectivity index (χ1n) is 8.25. The zero-order valence-electron chi connectivity index (χ0n) is 14.0. The number of likely N-dealkylation sites (tertiary alicyclic amines) is 1. The number of likely N-dealkylation sites (N-methyl/N-ethyl adjacent to an activating group) is 1. The fourth-order valence-corrected chi connectivity index (χ4v) is 3.20. The molecule has 1 saturated heterocycles. The molecule has 0 spiro atoms. The molecule has 122 valence electrons. The van der Waals surface area contributed by atoms with Crippen LogP contribution >= 0.6 is 0 Å². The molecule has 0 radical (unpaired) electrons. The van der Waals surface area contributed by atoms with Gasteiger partial charge in [-0.3, -0.25) is 9.69 Å². The molecular formula is C18H28N2O2. The number of nitrogens with zero attached hydrogens (tertiary/aromatic N) is 2. The second-order valence-corrected chi connectivity index (χ2v) is 6.09. The summed E-state index contributed by atoms with van der Waals surface area (Å²) < 4.78 is 5.36. The molecule has 4 heteroatoms. The summed E-state index contributed by atoms with van der Waals surface area (Å²) in [6.45, 7) is 4.39. The van der Waals surface area contributed by atoms with E-state index in [0.29, 0.717) is 19.1 Å². The van der Waals surface area contributed by atoms with Crippen molar-refractivity contribution in [3.8, 4) is 5.75 Å². The molecule has 4 nitrogen and oxygen atoms in total. The van der Waals surface area contributed by atoms with Crippen LogP contribution in [-0.4, -0.2) is 49.0 Å². The van der Waals surface area contributed by atoms with Gasteiger partial charge in [0.05, 0.1) is 13.7 Å². The summed E-state index contributed by atoms with van der Waals surface area (Å²) in [5.41, 5.74) is 1.05. The van der Waals surface area contributed by atoms with E-state index in [4.69, 9.17) is 4.74 Å². The lowest BCUT2D eigenvalue weighted by molar-refractivity contribution is -0.132. The minimum atomic E-state index is 0.186. The van der Waals surface area contributed by atoms with Crippen LogP contribution < -0.4 is 4.74 Å². The maximum atomic E-state index is 12.5. The number of piperidine rings is 1. The number of hydrogen-bond donors (Lipinski definition) is 0. The van der Waals surface area contributed by atoms with Gasteiger partial charge in [0, 0.05) is 25.2 Å². The van der Waals surface area contributed by atoms with Crippen molar-refractivity contribution in [2.45, 2.75) is 45.2 Å². The third-order valence-electron chi connectivity index (χ3n) is 4.58. The van der Waals surface area contributed by atoms with E-state index in [1.807, 2.05) is 31.3 Å². The molecule has 1 atom stereocenters. The Labute approximate surface area is 134 Å².